The van der Waals surface area contributed by atoms with Crippen LogP contribution in [0.1, 0.15) is 24.5 Å². The Morgan fingerprint density at radius 3 is 3.00 bits per heavy atom. The average Bonchev–Trinajstić information content (AvgIpc) is 2.34. The van der Waals surface area contributed by atoms with Gasteiger partial charge in [0.05, 0.1) is 11.6 Å². The molecular weight excluding hydrogens is 231 g/mol. The number of nitrogens with zero attached hydrogens (tertiary/aromatic N) is 2. The molecule has 4 heteroatoms. The molecule has 0 amide bonds. The van der Waals surface area contributed by atoms with Gasteiger partial charge in [0, 0.05) is 32.0 Å². The Hall–Kier alpha value is -1.73. The average molecular weight is 246 g/mol. The third-order valence-electron chi connectivity index (χ3n) is 3.34. The first-order valence-electron chi connectivity index (χ1n) is 6.03. The topological polar surface area (TPSA) is 44.1 Å². The third-order valence-corrected chi connectivity index (χ3v) is 3.34. The number of nitriles is 1. The van der Waals surface area contributed by atoms with Gasteiger partial charge < -0.3 is 0 Å². The van der Waals surface area contributed by atoms with E-state index in [1.165, 1.54) is 18.2 Å². The second kappa shape index (κ2) is 5.28. The summed E-state index contributed by atoms with van der Waals surface area (Å²) in [5.41, 5.74) is 1.19. The summed E-state index contributed by atoms with van der Waals surface area (Å²) in [7, 11) is 0. The normalized spacial score (nSPS) is 20.7. The van der Waals surface area contributed by atoms with Crippen LogP contribution in [0, 0.1) is 23.1 Å². The van der Waals surface area contributed by atoms with E-state index in [9.17, 15) is 9.18 Å². The lowest BCUT2D eigenvalue weighted by Crippen LogP contribution is -2.39. The van der Waals surface area contributed by atoms with Crippen molar-refractivity contribution in [3.8, 4) is 6.07 Å². The highest BCUT2D eigenvalue weighted by molar-refractivity contribution is 5.81. The molecule has 1 aliphatic rings. The molecule has 1 heterocycles. The molecule has 0 bridgehead atoms. The summed E-state index contributed by atoms with van der Waals surface area (Å²) in [6.07, 6.45) is 0.540. The van der Waals surface area contributed by atoms with Crippen LogP contribution in [0.3, 0.4) is 0 Å². The van der Waals surface area contributed by atoms with Crippen LogP contribution >= 0.6 is 0 Å². The summed E-state index contributed by atoms with van der Waals surface area (Å²) in [6.45, 7) is 3.80. The Bertz CT molecular complexity index is 507. The molecular formula is C14H15FN2O. The fourth-order valence-corrected chi connectivity index (χ4v) is 2.28. The van der Waals surface area contributed by atoms with Gasteiger partial charge in [-0.15, -0.1) is 0 Å². The van der Waals surface area contributed by atoms with Crippen molar-refractivity contribution >= 4 is 5.78 Å². The van der Waals surface area contributed by atoms with Crippen molar-refractivity contribution in [3.63, 3.8) is 0 Å². The summed E-state index contributed by atoms with van der Waals surface area (Å²) in [5.74, 6) is -0.0195. The zero-order valence-corrected chi connectivity index (χ0v) is 10.3. The number of hydrogen-bond acceptors (Lipinski definition) is 3. The highest BCUT2D eigenvalue weighted by Crippen LogP contribution is 2.18. The number of carbonyl (C=O) groups excluding carboxylic acids is 1. The van der Waals surface area contributed by atoms with Crippen LogP contribution in [0.25, 0.3) is 0 Å². The Kier molecular flexibility index (Phi) is 3.73. The van der Waals surface area contributed by atoms with Crippen LogP contribution in [0.2, 0.25) is 0 Å². The van der Waals surface area contributed by atoms with E-state index in [1.54, 1.807) is 0 Å². The summed E-state index contributed by atoms with van der Waals surface area (Å²) in [4.78, 5) is 13.5. The smallest absolute Gasteiger partial charge is 0.138 e. The highest BCUT2D eigenvalue weighted by Gasteiger charge is 2.23. The van der Waals surface area contributed by atoms with Gasteiger partial charge in [0.25, 0.3) is 0 Å². The molecule has 0 N–H and O–H groups in total. The standard InChI is InChI=1S/C14H15FN2O/c1-10-8-17(5-4-14(10)18)9-12-6-13(15)3-2-11(12)7-16/h2-3,6,10H,4-5,8-9H2,1H3. The molecule has 18 heavy (non-hydrogen) atoms. The summed E-state index contributed by atoms with van der Waals surface area (Å²) < 4.78 is 13.2. The van der Waals surface area contributed by atoms with Crippen LogP contribution in [0.4, 0.5) is 4.39 Å². The number of hydrogen-bond donors (Lipinski definition) is 0. The van der Waals surface area contributed by atoms with Gasteiger partial charge in [-0.2, -0.15) is 5.26 Å². The van der Waals surface area contributed by atoms with Gasteiger partial charge in [-0.05, 0) is 23.8 Å². The summed E-state index contributed by atoms with van der Waals surface area (Å²) in [5, 5.41) is 8.99. The molecule has 1 aromatic rings. The number of rotatable bonds is 2. The predicted octanol–water partition coefficient (Wildman–Crippen LogP) is 2.11. The molecule has 2 rings (SSSR count). The van der Waals surface area contributed by atoms with Crippen molar-refractivity contribution in [2.45, 2.75) is 19.9 Å². The molecule has 1 aromatic carbocycles. The minimum atomic E-state index is -0.329. The van der Waals surface area contributed by atoms with Crippen molar-refractivity contribution in [1.82, 2.24) is 4.90 Å². The minimum Gasteiger partial charge on any atom is -0.299 e. The van der Waals surface area contributed by atoms with Crippen molar-refractivity contribution in [3.05, 3.63) is 35.1 Å². The lowest BCUT2D eigenvalue weighted by Gasteiger charge is -2.30. The molecule has 0 saturated carbocycles. The van der Waals surface area contributed by atoms with Gasteiger partial charge in [-0.3, -0.25) is 9.69 Å². The first kappa shape index (κ1) is 12.7. The van der Waals surface area contributed by atoms with Gasteiger partial charge >= 0.3 is 0 Å². The van der Waals surface area contributed by atoms with E-state index in [2.05, 4.69) is 11.0 Å². The quantitative estimate of drug-likeness (QED) is 0.802. The first-order chi connectivity index (χ1) is 8.60. The van der Waals surface area contributed by atoms with E-state index < -0.39 is 0 Å². The maximum absolute atomic E-state index is 13.2. The van der Waals surface area contributed by atoms with E-state index in [-0.39, 0.29) is 17.5 Å². The van der Waals surface area contributed by atoms with Crippen molar-refractivity contribution in [2.24, 2.45) is 5.92 Å². The number of likely N-dealkylation sites (tertiary alicyclic amines) is 1. The van der Waals surface area contributed by atoms with E-state index >= 15 is 0 Å². The van der Waals surface area contributed by atoms with Crippen LogP contribution in [-0.4, -0.2) is 23.8 Å². The van der Waals surface area contributed by atoms with Gasteiger partial charge in [0.1, 0.15) is 11.6 Å². The monoisotopic (exact) mass is 246 g/mol. The third kappa shape index (κ3) is 2.74. The molecule has 0 radical (unpaired) electrons. The number of piperidine rings is 1. The van der Waals surface area contributed by atoms with Crippen molar-refractivity contribution < 1.29 is 9.18 Å². The van der Waals surface area contributed by atoms with Gasteiger partial charge in [-0.25, -0.2) is 4.39 Å². The van der Waals surface area contributed by atoms with E-state index in [1.807, 2.05) is 6.92 Å². The lowest BCUT2D eigenvalue weighted by atomic mass is 9.97. The molecule has 1 aliphatic heterocycles. The van der Waals surface area contributed by atoms with E-state index in [0.29, 0.717) is 37.2 Å². The molecule has 94 valence electrons. The van der Waals surface area contributed by atoms with Crippen LogP contribution < -0.4 is 0 Å². The van der Waals surface area contributed by atoms with Crippen LogP contribution in [0.15, 0.2) is 18.2 Å². The Balaban J connectivity index is 2.12. The van der Waals surface area contributed by atoms with Crippen molar-refractivity contribution in [1.29, 1.82) is 5.26 Å². The van der Waals surface area contributed by atoms with Crippen molar-refractivity contribution in [2.75, 3.05) is 13.1 Å². The second-order valence-corrected chi connectivity index (χ2v) is 4.77. The molecule has 0 spiro atoms. The Morgan fingerprint density at radius 1 is 1.56 bits per heavy atom. The predicted molar refractivity (Wildman–Crippen MR) is 65.2 cm³/mol. The van der Waals surface area contributed by atoms with Gasteiger partial charge in [0.15, 0.2) is 0 Å². The summed E-state index contributed by atoms with van der Waals surface area (Å²) >= 11 is 0. The number of halogens is 1. The number of Topliss-reactive ketones (excluding diaryl/α,β-unsaturated/α-hetero) is 1. The van der Waals surface area contributed by atoms with E-state index in [4.69, 9.17) is 5.26 Å². The molecule has 1 unspecified atom stereocenters. The largest absolute Gasteiger partial charge is 0.299 e. The zero-order valence-electron chi connectivity index (χ0n) is 10.3. The fraction of sp³-hybridized carbons (Fsp3) is 0.429. The molecule has 1 fully saturated rings. The molecule has 0 aliphatic carbocycles. The molecule has 0 aromatic heterocycles. The van der Waals surface area contributed by atoms with Crippen LogP contribution in [0.5, 0.6) is 0 Å². The lowest BCUT2D eigenvalue weighted by molar-refractivity contribution is -0.125. The number of carbonyl (C=O) groups is 1. The van der Waals surface area contributed by atoms with Crippen LogP contribution in [-0.2, 0) is 11.3 Å². The zero-order chi connectivity index (χ0) is 13.1. The Labute approximate surface area is 106 Å². The molecule has 1 saturated heterocycles. The minimum absolute atomic E-state index is 0.0258. The number of ketones is 1. The highest BCUT2D eigenvalue weighted by atomic mass is 19.1. The SMILES string of the molecule is CC1CN(Cc2cc(F)ccc2C#N)CCC1=O. The maximum atomic E-state index is 13.2. The summed E-state index contributed by atoms with van der Waals surface area (Å²) in [6, 6.07) is 6.27. The maximum Gasteiger partial charge on any atom is 0.138 e. The van der Waals surface area contributed by atoms with Gasteiger partial charge in [-0.1, -0.05) is 6.92 Å². The second-order valence-electron chi connectivity index (χ2n) is 4.77. The van der Waals surface area contributed by atoms with Gasteiger partial charge in [0.2, 0.25) is 0 Å². The molecule has 3 nitrogen and oxygen atoms in total. The Morgan fingerprint density at radius 2 is 2.33 bits per heavy atom. The van der Waals surface area contributed by atoms with E-state index in [0.717, 1.165) is 0 Å². The number of benzene rings is 1. The fourth-order valence-electron chi connectivity index (χ4n) is 2.28. The first-order valence-corrected chi connectivity index (χ1v) is 6.03. The molecule has 1 atom stereocenters.